The van der Waals surface area contributed by atoms with Crippen molar-refractivity contribution in [1.29, 1.82) is 0 Å². The van der Waals surface area contributed by atoms with Gasteiger partial charge in [-0.15, -0.1) is 0 Å². The SMILES string of the molecule is NC(=O)c1ccc2c(c1)-n1cncc1CN2. The molecule has 5 nitrogen and oxygen atoms in total. The van der Waals surface area contributed by atoms with Gasteiger partial charge in [0.05, 0.1) is 36.1 Å². The van der Waals surface area contributed by atoms with E-state index in [9.17, 15) is 4.79 Å². The maximum Gasteiger partial charge on any atom is 0.248 e. The first-order chi connectivity index (χ1) is 7.75. The van der Waals surface area contributed by atoms with Crippen LogP contribution in [-0.4, -0.2) is 15.5 Å². The summed E-state index contributed by atoms with van der Waals surface area (Å²) in [5.41, 5.74) is 8.72. The first kappa shape index (κ1) is 8.96. The number of primary amides is 1. The van der Waals surface area contributed by atoms with Gasteiger partial charge in [-0.3, -0.25) is 9.36 Å². The zero-order chi connectivity index (χ0) is 11.1. The highest BCUT2D eigenvalue weighted by atomic mass is 16.1. The Kier molecular flexibility index (Phi) is 1.73. The Labute approximate surface area is 91.9 Å². The fourth-order valence-corrected chi connectivity index (χ4v) is 1.89. The third-order valence-electron chi connectivity index (χ3n) is 2.72. The Bertz CT molecular complexity index is 573. The normalized spacial score (nSPS) is 12.5. The molecule has 0 saturated carbocycles. The molecule has 1 aliphatic heterocycles. The summed E-state index contributed by atoms with van der Waals surface area (Å²) in [4.78, 5) is 15.2. The van der Waals surface area contributed by atoms with Crippen LogP contribution in [0.1, 0.15) is 16.1 Å². The number of hydrogen-bond donors (Lipinski definition) is 2. The molecular weight excluding hydrogens is 204 g/mol. The number of rotatable bonds is 1. The zero-order valence-electron chi connectivity index (χ0n) is 8.47. The first-order valence-corrected chi connectivity index (χ1v) is 4.95. The summed E-state index contributed by atoms with van der Waals surface area (Å²) in [6.45, 7) is 0.739. The lowest BCUT2D eigenvalue weighted by molar-refractivity contribution is 0.100. The van der Waals surface area contributed by atoms with Crippen molar-refractivity contribution in [3.8, 4) is 5.69 Å². The summed E-state index contributed by atoms with van der Waals surface area (Å²) in [6, 6.07) is 5.35. The van der Waals surface area contributed by atoms with E-state index in [-0.39, 0.29) is 0 Å². The number of anilines is 1. The van der Waals surface area contributed by atoms with Crippen LogP contribution in [0.25, 0.3) is 5.69 Å². The van der Waals surface area contributed by atoms with Crippen LogP contribution in [-0.2, 0) is 6.54 Å². The molecule has 5 heteroatoms. The summed E-state index contributed by atoms with van der Waals surface area (Å²) in [5, 5.41) is 3.26. The van der Waals surface area contributed by atoms with Crippen molar-refractivity contribution >= 4 is 11.6 Å². The van der Waals surface area contributed by atoms with Gasteiger partial charge in [-0.1, -0.05) is 0 Å². The number of nitrogens with two attached hydrogens (primary N) is 1. The van der Waals surface area contributed by atoms with E-state index in [0.717, 1.165) is 23.6 Å². The number of fused-ring (bicyclic) bond motifs is 3. The van der Waals surface area contributed by atoms with Crippen LogP contribution in [0.3, 0.4) is 0 Å². The van der Waals surface area contributed by atoms with Gasteiger partial charge in [0.15, 0.2) is 0 Å². The third kappa shape index (κ3) is 1.18. The Hall–Kier alpha value is -2.30. The number of amides is 1. The van der Waals surface area contributed by atoms with Crippen molar-refractivity contribution in [2.75, 3.05) is 5.32 Å². The number of carbonyl (C=O) groups excluding carboxylic acids is 1. The summed E-state index contributed by atoms with van der Waals surface area (Å²) in [6.07, 6.45) is 3.53. The van der Waals surface area contributed by atoms with Crippen molar-refractivity contribution in [3.05, 3.63) is 42.0 Å². The minimum Gasteiger partial charge on any atom is -0.378 e. The van der Waals surface area contributed by atoms with Gasteiger partial charge in [0.25, 0.3) is 0 Å². The topological polar surface area (TPSA) is 72.9 Å². The molecule has 0 saturated heterocycles. The molecule has 0 fully saturated rings. The second kappa shape index (κ2) is 3.10. The molecule has 1 aliphatic rings. The molecule has 80 valence electrons. The van der Waals surface area contributed by atoms with Crippen molar-refractivity contribution < 1.29 is 4.79 Å². The molecule has 0 atom stereocenters. The molecule has 3 N–H and O–H groups in total. The maximum atomic E-state index is 11.1. The third-order valence-corrected chi connectivity index (χ3v) is 2.72. The Morgan fingerprint density at radius 2 is 2.38 bits per heavy atom. The summed E-state index contributed by atoms with van der Waals surface area (Å²) in [5.74, 6) is -0.421. The predicted molar refractivity (Wildman–Crippen MR) is 59.4 cm³/mol. The minimum absolute atomic E-state index is 0.421. The number of hydrogen-bond acceptors (Lipinski definition) is 3. The Balaban J connectivity index is 2.22. The molecule has 2 aromatic rings. The van der Waals surface area contributed by atoms with E-state index in [1.807, 2.05) is 10.6 Å². The highest BCUT2D eigenvalue weighted by molar-refractivity contribution is 5.94. The van der Waals surface area contributed by atoms with Crippen molar-refractivity contribution in [1.82, 2.24) is 9.55 Å². The van der Waals surface area contributed by atoms with Crippen LogP contribution in [0.5, 0.6) is 0 Å². The zero-order valence-corrected chi connectivity index (χ0v) is 8.47. The fraction of sp³-hybridized carbons (Fsp3) is 0.0909. The second-order valence-corrected chi connectivity index (χ2v) is 3.70. The highest BCUT2D eigenvalue weighted by Gasteiger charge is 2.16. The number of benzene rings is 1. The van der Waals surface area contributed by atoms with Crippen LogP contribution in [0.2, 0.25) is 0 Å². The predicted octanol–water partition coefficient (Wildman–Crippen LogP) is 0.897. The Morgan fingerprint density at radius 1 is 1.50 bits per heavy atom. The number of imidazole rings is 1. The van der Waals surface area contributed by atoms with Crippen LogP contribution in [0.15, 0.2) is 30.7 Å². The molecular formula is C11H10N4O. The van der Waals surface area contributed by atoms with E-state index in [2.05, 4.69) is 10.3 Å². The molecule has 0 bridgehead atoms. The lowest BCUT2D eigenvalue weighted by Crippen LogP contribution is -2.16. The quantitative estimate of drug-likeness (QED) is 0.740. The van der Waals surface area contributed by atoms with E-state index in [1.54, 1.807) is 24.7 Å². The average Bonchev–Trinajstić information content (AvgIpc) is 2.76. The summed E-state index contributed by atoms with van der Waals surface area (Å²) < 4.78 is 1.96. The van der Waals surface area contributed by atoms with Crippen LogP contribution in [0, 0.1) is 0 Å². The molecule has 3 rings (SSSR count). The van der Waals surface area contributed by atoms with E-state index >= 15 is 0 Å². The fourth-order valence-electron chi connectivity index (χ4n) is 1.89. The van der Waals surface area contributed by atoms with Gasteiger partial charge in [0.2, 0.25) is 5.91 Å². The molecule has 0 radical (unpaired) electrons. The van der Waals surface area contributed by atoms with E-state index < -0.39 is 5.91 Å². The van der Waals surface area contributed by atoms with Crippen molar-refractivity contribution in [2.45, 2.75) is 6.54 Å². The van der Waals surface area contributed by atoms with E-state index in [4.69, 9.17) is 5.73 Å². The molecule has 16 heavy (non-hydrogen) atoms. The summed E-state index contributed by atoms with van der Waals surface area (Å²) >= 11 is 0. The summed E-state index contributed by atoms with van der Waals surface area (Å²) in [7, 11) is 0. The number of carbonyl (C=O) groups is 1. The molecule has 1 amide bonds. The van der Waals surface area contributed by atoms with Gasteiger partial charge in [0, 0.05) is 5.56 Å². The molecule has 0 unspecified atom stereocenters. The minimum atomic E-state index is -0.421. The number of nitrogens with zero attached hydrogens (tertiary/aromatic N) is 2. The molecule has 1 aromatic carbocycles. The molecule has 1 aromatic heterocycles. The standard InChI is InChI=1S/C11H10N4O/c12-11(16)7-1-2-9-10(3-7)15-6-13-4-8(15)5-14-9/h1-4,6,14H,5H2,(H2,12,16). The number of nitrogens with one attached hydrogen (secondary N) is 1. The van der Waals surface area contributed by atoms with Crippen LogP contribution in [0.4, 0.5) is 5.69 Å². The maximum absolute atomic E-state index is 11.1. The van der Waals surface area contributed by atoms with Crippen LogP contribution < -0.4 is 11.1 Å². The van der Waals surface area contributed by atoms with E-state index in [0.29, 0.717) is 5.56 Å². The lowest BCUT2D eigenvalue weighted by atomic mass is 10.1. The van der Waals surface area contributed by atoms with Gasteiger partial charge >= 0.3 is 0 Å². The first-order valence-electron chi connectivity index (χ1n) is 4.95. The highest BCUT2D eigenvalue weighted by Crippen LogP contribution is 2.27. The Morgan fingerprint density at radius 3 is 3.19 bits per heavy atom. The van der Waals surface area contributed by atoms with Crippen molar-refractivity contribution in [2.24, 2.45) is 5.73 Å². The van der Waals surface area contributed by atoms with Crippen molar-refractivity contribution in [3.63, 3.8) is 0 Å². The van der Waals surface area contributed by atoms with Gasteiger partial charge in [0.1, 0.15) is 0 Å². The molecule has 2 heterocycles. The van der Waals surface area contributed by atoms with Gasteiger partial charge in [-0.25, -0.2) is 4.98 Å². The van der Waals surface area contributed by atoms with Gasteiger partial charge in [-0.2, -0.15) is 0 Å². The van der Waals surface area contributed by atoms with Gasteiger partial charge in [-0.05, 0) is 18.2 Å². The average molecular weight is 214 g/mol. The monoisotopic (exact) mass is 214 g/mol. The number of aromatic nitrogens is 2. The molecule has 0 spiro atoms. The largest absolute Gasteiger partial charge is 0.378 e. The smallest absolute Gasteiger partial charge is 0.248 e. The second-order valence-electron chi connectivity index (χ2n) is 3.70. The van der Waals surface area contributed by atoms with Crippen LogP contribution >= 0.6 is 0 Å². The van der Waals surface area contributed by atoms with Gasteiger partial charge < -0.3 is 11.1 Å². The van der Waals surface area contributed by atoms with E-state index in [1.165, 1.54) is 0 Å². The lowest BCUT2D eigenvalue weighted by Gasteiger charge is -2.20. The molecule has 0 aliphatic carbocycles.